The zero-order valence-corrected chi connectivity index (χ0v) is 12.0. The predicted molar refractivity (Wildman–Crippen MR) is 78.5 cm³/mol. The highest BCUT2D eigenvalue weighted by Gasteiger charge is 2.14. The van der Waals surface area contributed by atoms with Crippen LogP contribution in [0.5, 0.6) is 0 Å². The molecule has 0 spiro atoms. The van der Waals surface area contributed by atoms with Gasteiger partial charge in [0.1, 0.15) is 10.8 Å². The van der Waals surface area contributed by atoms with Crippen LogP contribution in [0.4, 0.5) is 14.5 Å². The van der Waals surface area contributed by atoms with Gasteiger partial charge in [0.25, 0.3) is 0 Å². The maximum absolute atomic E-state index is 13.1. The number of aromatic nitrogens is 1. The van der Waals surface area contributed by atoms with Crippen LogP contribution in [0.15, 0.2) is 29.6 Å². The number of fused-ring (bicyclic) bond motifs is 1. The maximum Gasteiger partial charge on any atom is 0.340 e. The highest BCUT2D eigenvalue weighted by atomic mass is 32.1. The highest BCUT2D eigenvalue weighted by molar-refractivity contribution is 7.22. The van der Waals surface area contributed by atoms with Crippen molar-refractivity contribution >= 4 is 49.0 Å². The molecule has 20 heavy (non-hydrogen) atoms. The van der Waals surface area contributed by atoms with Crippen LogP contribution in [-0.4, -0.2) is 18.1 Å². The molecule has 0 radical (unpaired) electrons. The number of benzene rings is 1. The summed E-state index contributed by atoms with van der Waals surface area (Å²) in [6.45, 7) is 0. The van der Waals surface area contributed by atoms with Crippen LogP contribution in [0.25, 0.3) is 10.2 Å². The molecule has 0 aliphatic carbocycles. The molecular formula is C13H9FN2O2S2. The molecule has 4 nitrogen and oxygen atoms in total. The van der Waals surface area contributed by atoms with E-state index in [1.54, 1.807) is 17.5 Å². The first-order chi connectivity index (χ1) is 9.67. The Labute approximate surface area is 121 Å². The number of thiophene rings is 1. The average Bonchev–Trinajstić information content (AvgIpc) is 3.04. The summed E-state index contributed by atoms with van der Waals surface area (Å²) in [6, 6.07) is 6.12. The number of thiazole rings is 1. The van der Waals surface area contributed by atoms with Crippen molar-refractivity contribution in [1.82, 2.24) is 4.98 Å². The predicted octanol–water partition coefficient (Wildman–Crippen LogP) is 4.03. The van der Waals surface area contributed by atoms with Crippen molar-refractivity contribution in [2.45, 2.75) is 0 Å². The molecule has 3 aromatic rings. The number of carbonyl (C=O) groups excluding carboxylic acids is 1. The van der Waals surface area contributed by atoms with Crippen LogP contribution in [0.1, 0.15) is 10.4 Å². The Bertz CT molecular complexity index is 782. The number of halogens is 1. The molecule has 3 rings (SSSR count). The highest BCUT2D eigenvalue weighted by Crippen LogP contribution is 2.32. The van der Waals surface area contributed by atoms with Crippen molar-refractivity contribution in [3.05, 3.63) is 41.0 Å². The summed E-state index contributed by atoms with van der Waals surface area (Å²) in [6.07, 6.45) is 0. The van der Waals surface area contributed by atoms with Gasteiger partial charge < -0.3 is 10.1 Å². The SMILES string of the molecule is COC(=O)c1ccsc1Nc1nc2ccc(F)cc2s1. The second-order valence-corrected chi connectivity index (χ2v) is 5.86. The summed E-state index contributed by atoms with van der Waals surface area (Å²) < 4.78 is 18.6. The number of anilines is 2. The van der Waals surface area contributed by atoms with Crippen LogP contribution in [0.3, 0.4) is 0 Å². The topological polar surface area (TPSA) is 51.2 Å². The van der Waals surface area contributed by atoms with Crippen molar-refractivity contribution in [1.29, 1.82) is 0 Å². The number of hydrogen-bond acceptors (Lipinski definition) is 6. The van der Waals surface area contributed by atoms with Gasteiger partial charge in [-0.25, -0.2) is 14.2 Å². The van der Waals surface area contributed by atoms with Gasteiger partial charge >= 0.3 is 5.97 Å². The molecule has 2 aromatic heterocycles. The number of ether oxygens (including phenoxy) is 1. The summed E-state index contributed by atoms with van der Waals surface area (Å²) in [4.78, 5) is 15.9. The van der Waals surface area contributed by atoms with E-state index in [1.807, 2.05) is 0 Å². The largest absolute Gasteiger partial charge is 0.465 e. The van der Waals surface area contributed by atoms with Crippen LogP contribution in [-0.2, 0) is 4.74 Å². The van der Waals surface area contributed by atoms with E-state index in [0.29, 0.717) is 15.7 Å². The lowest BCUT2D eigenvalue weighted by Crippen LogP contribution is -2.02. The van der Waals surface area contributed by atoms with Crippen molar-refractivity contribution in [2.24, 2.45) is 0 Å². The Morgan fingerprint density at radius 3 is 3.05 bits per heavy atom. The van der Waals surface area contributed by atoms with Gasteiger partial charge in [-0.1, -0.05) is 11.3 Å². The van der Waals surface area contributed by atoms with Gasteiger partial charge in [-0.15, -0.1) is 11.3 Å². The molecule has 7 heteroatoms. The molecular weight excluding hydrogens is 299 g/mol. The zero-order chi connectivity index (χ0) is 14.1. The first-order valence-electron chi connectivity index (χ1n) is 5.66. The molecule has 102 valence electrons. The van der Waals surface area contributed by atoms with Crippen molar-refractivity contribution < 1.29 is 13.9 Å². The number of hydrogen-bond donors (Lipinski definition) is 1. The number of nitrogens with zero attached hydrogens (tertiary/aromatic N) is 1. The minimum Gasteiger partial charge on any atom is -0.465 e. The molecule has 2 heterocycles. The fourth-order valence-corrected chi connectivity index (χ4v) is 3.46. The van der Waals surface area contributed by atoms with E-state index in [-0.39, 0.29) is 5.82 Å². The molecule has 0 saturated carbocycles. The lowest BCUT2D eigenvalue weighted by Gasteiger charge is -2.02. The Balaban J connectivity index is 1.93. The fraction of sp³-hybridized carbons (Fsp3) is 0.0769. The van der Waals surface area contributed by atoms with E-state index in [0.717, 1.165) is 10.2 Å². The molecule has 0 atom stereocenters. The second kappa shape index (κ2) is 5.18. The molecule has 0 fully saturated rings. The Morgan fingerprint density at radius 2 is 2.25 bits per heavy atom. The summed E-state index contributed by atoms with van der Waals surface area (Å²) in [5.41, 5.74) is 1.18. The lowest BCUT2D eigenvalue weighted by molar-refractivity contribution is 0.0602. The molecule has 0 amide bonds. The van der Waals surface area contributed by atoms with Gasteiger partial charge in [-0.2, -0.15) is 0 Å². The second-order valence-electron chi connectivity index (χ2n) is 3.91. The minimum absolute atomic E-state index is 0.293. The maximum atomic E-state index is 13.1. The summed E-state index contributed by atoms with van der Waals surface area (Å²) in [5.74, 6) is -0.694. The minimum atomic E-state index is -0.402. The van der Waals surface area contributed by atoms with E-state index in [9.17, 15) is 9.18 Å². The average molecular weight is 308 g/mol. The van der Waals surface area contributed by atoms with E-state index in [4.69, 9.17) is 4.74 Å². The molecule has 0 aliphatic rings. The number of esters is 1. The molecule has 0 aliphatic heterocycles. The van der Waals surface area contributed by atoms with Crippen molar-refractivity contribution in [2.75, 3.05) is 12.4 Å². The third kappa shape index (κ3) is 2.37. The lowest BCUT2D eigenvalue weighted by atomic mass is 10.3. The van der Waals surface area contributed by atoms with Gasteiger partial charge in [0.15, 0.2) is 5.13 Å². The van der Waals surface area contributed by atoms with Crippen LogP contribution in [0.2, 0.25) is 0 Å². The van der Waals surface area contributed by atoms with E-state index < -0.39 is 5.97 Å². The number of rotatable bonds is 3. The summed E-state index contributed by atoms with van der Waals surface area (Å²) in [7, 11) is 1.34. The number of nitrogens with one attached hydrogen (secondary N) is 1. The monoisotopic (exact) mass is 308 g/mol. The van der Waals surface area contributed by atoms with Gasteiger partial charge in [-0.3, -0.25) is 0 Å². The fourth-order valence-electron chi connectivity index (χ4n) is 1.73. The quantitative estimate of drug-likeness (QED) is 0.742. The van der Waals surface area contributed by atoms with E-state index in [1.165, 1.54) is 41.9 Å². The molecule has 0 bridgehead atoms. The van der Waals surface area contributed by atoms with Gasteiger partial charge in [0, 0.05) is 0 Å². The summed E-state index contributed by atoms with van der Waals surface area (Å²) >= 11 is 2.71. The first-order valence-corrected chi connectivity index (χ1v) is 7.36. The summed E-state index contributed by atoms with van der Waals surface area (Å²) in [5, 5.41) is 6.15. The van der Waals surface area contributed by atoms with Gasteiger partial charge in [0.2, 0.25) is 0 Å². The van der Waals surface area contributed by atoms with Gasteiger partial charge in [-0.05, 0) is 29.6 Å². The van der Waals surface area contributed by atoms with E-state index in [2.05, 4.69) is 10.3 Å². The molecule has 1 aromatic carbocycles. The Kier molecular flexibility index (Phi) is 3.37. The number of carbonyl (C=O) groups is 1. The van der Waals surface area contributed by atoms with Crippen molar-refractivity contribution in [3.8, 4) is 0 Å². The van der Waals surface area contributed by atoms with E-state index >= 15 is 0 Å². The molecule has 0 saturated heterocycles. The Hall–Kier alpha value is -1.99. The van der Waals surface area contributed by atoms with Gasteiger partial charge in [0.05, 0.1) is 22.9 Å². The number of methoxy groups -OCH3 is 1. The normalized spacial score (nSPS) is 10.7. The standard InChI is InChI=1S/C13H9FN2O2S2/c1-18-12(17)8-4-5-19-11(8)16-13-15-9-3-2-7(14)6-10(9)20-13/h2-6H,1H3,(H,15,16). The molecule has 0 unspecified atom stereocenters. The molecule has 1 N–H and O–H groups in total. The smallest absolute Gasteiger partial charge is 0.340 e. The Morgan fingerprint density at radius 1 is 1.40 bits per heavy atom. The van der Waals surface area contributed by atoms with Crippen LogP contribution in [0, 0.1) is 5.82 Å². The van der Waals surface area contributed by atoms with Crippen LogP contribution < -0.4 is 5.32 Å². The van der Waals surface area contributed by atoms with Crippen molar-refractivity contribution in [3.63, 3.8) is 0 Å². The zero-order valence-electron chi connectivity index (χ0n) is 10.3. The first kappa shape index (κ1) is 13.0. The van der Waals surface area contributed by atoms with Crippen LogP contribution >= 0.6 is 22.7 Å². The third-order valence-corrected chi connectivity index (χ3v) is 4.40. The third-order valence-electron chi connectivity index (χ3n) is 2.64.